The number of rotatable bonds is 6. The number of nitrogens with two attached hydrogens (primary N) is 2. The predicted molar refractivity (Wildman–Crippen MR) is 82.7 cm³/mol. The summed E-state index contributed by atoms with van der Waals surface area (Å²) in [6.45, 7) is 6.24. The first kappa shape index (κ1) is 15.2. The van der Waals surface area contributed by atoms with Crippen molar-refractivity contribution in [1.29, 1.82) is 0 Å². The Labute approximate surface area is 124 Å². The lowest BCUT2D eigenvalue weighted by Gasteiger charge is -2.19. The Morgan fingerprint density at radius 2 is 1.76 bits per heavy atom. The molecule has 0 amide bonds. The Morgan fingerprint density at radius 3 is 2.33 bits per heavy atom. The maximum atomic E-state index is 5.71. The molecule has 0 saturated carbocycles. The van der Waals surface area contributed by atoms with E-state index in [0.717, 1.165) is 37.2 Å². The van der Waals surface area contributed by atoms with Gasteiger partial charge >= 0.3 is 0 Å². The van der Waals surface area contributed by atoms with E-state index in [0.29, 0.717) is 5.82 Å². The van der Waals surface area contributed by atoms with Crippen LogP contribution in [0.3, 0.4) is 0 Å². The highest BCUT2D eigenvalue weighted by Gasteiger charge is 2.20. The average molecular weight is 289 g/mol. The molecule has 1 unspecified atom stereocenters. The van der Waals surface area contributed by atoms with E-state index >= 15 is 0 Å². The monoisotopic (exact) mass is 289 g/mol. The molecule has 0 radical (unpaired) electrons. The number of nitrogen functional groups attached to an aromatic ring is 2. The van der Waals surface area contributed by atoms with E-state index in [1.807, 2.05) is 13.1 Å². The first-order chi connectivity index (χ1) is 10.0. The number of nitrogens with zero attached hydrogens (tertiary/aromatic N) is 5. The Hall–Kier alpha value is -2.18. The van der Waals surface area contributed by atoms with Gasteiger partial charge in [0, 0.05) is 12.6 Å². The molecule has 2 aromatic rings. The van der Waals surface area contributed by atoms with Crippen LogP contribution in [0.4, 0.5) is 11.9 Å². The van der Waals surface area contributed by atoms with Crippen LogP contribution >= 0.6 is 0 Å². The molecule has 114 valence electrons. The summed E-state index contributed by atoms with van der Waals surface area (Å²) in [4.78, 5) is 17.0. The second kappa shape index (κ2) is 6.51. The first-order valence-electron chi connectivity index (χ1n) is 7.36. The highest BCUT2D eigenvalue weighted by atomic mass is 15.2. The smallest absolute Gasteiger partial charge is 0.225 e. The Bertz CT molecular complexity index is 585. The number of hydrogen-bond acceptors (Lipinski definition) is 6. The zero-order valence-electron chi connectivity index (χ0n) is 12.9. The Morgan fingerprint density at radius 1 is 1.10 bits per heavy atom. The van der Waals surface area contributed by atoms with Crippen LogP contribution in [0.1, 0.15) is 56.5 Å². The van der Waals surface area contributed by atoms with Gasteiger partial charge in [-0.25, -0.2) is 4.98 Å². The number of anilines is 2. The van der Waals surface area contributed by atoms with Gasteiger partial charge in [-0.3, -0.25) is 0 Å². The molecule has 21 heavy (non-hydrogen) atoms. The predicted octanol–water partition coefficient (Wildman–Crippen LogP) is 1.88. The van der Waals surface area contributed by atoms with Crippen molar-refractivity contribution in [3.63, 3.8) is 0 Å². The lowest BCUT2D eigenvalue weighted by molar-refractivity contribution is 0.477. The molecule has 2 aromatic heterocycles. The van der Waals surface area contributed by atoms with Gasteiger partial charge < -0.3 is 16.0 Å². The fourth-order valence-corrected chi connectivity index (χ4v) is 2.46. The maximum absolute atomic E-state index is 5.71. The van der Waals surface area contributed by atoms with Crippen LogP contribution in [0.2, 0.25) is 0 Å². The molecule has 2 heterocycles. The summed E-state index contributed by atoms with van der Waals surface area (Å²) >= 11 is 0. The van der Waals surface area contributed by atoms with Crippen molar-refractivity contribution in [2.24, 2.45) is 0 Å². The quantitative estimate of drug-likeness (QED) is 0.840. The lowest BCUT2D eigenvalue weighted by atomic mass is 10.1. The maximum Gasteiger partial charge on any atom is 0.225 e. The van der Waals surface area contributed by atoms with Gasteiger partial charge in [-0.15, -0.1) is 0 Å². The number of hydrogen-bond donors (Lipinski definition) is 2. The molecule has 7 nitrogen and oxygen atoms in total. The molecule has 0 aliphatic rings. The normalized spacial score (nSPS) is 12.5. The molecule has 4 N–H and O–H groups in total. The highest BCUT2D eigenvalue weighted by Crippen LogP contribution is 2.24. The van der Waals surface area contributed by atoms with E-state index in [-0.39, 0.29) is 17.9 Å². The summed E-state index contributed by atoms with van der Waals surface area (Å²) in [5.74, 6) is 1.95. The van der Waals surface area contributed by atoms with E-state index in [1.165, 1.54) is 0 Å². The molecule has 0 aliphatic heterocycles. The summed E-state index contributed by atoms with van der Waals surface area (Å²) in [5.41, 5.74) is 12.4. The average Bonchev–Trinajstić information content (AvgIpc) is 2.79. The molecular formula is C14H23N7. The standard InChI is InChI=1S/C14H23N7/c1-4-6-7-10(12-18-13(15)20-14(16)19-12)21-8-9(3)17-11(21)5-2/h8,10H,4-7H2,1-3H3,(H4,15,16,18,19,20). The van der Waals surface area contributed by atoms with Gasteiger partial charge in [-0.1, -0.05) is 26.7 Å². The fourth-order valence-electron chi connectivity index (χ4n) is 2.46. The van der Waals surface area contributed by atoms with Gasteiger partial charge in [0.05, 0.1) is 11.7 Å². The number of aromatic nitrogens is 5. The van der Waals surface area contributed by atoms with Crippen LogP contribution in [0.15, 0.2) is 6.20 Å². The van der Waals surface area contributed by atoms with Gasteiger partial charge in [0.1, 0.15) is 5.82 Å². The largest absolute Gasteiger partial charge is 0.368 e. The molecule has 0 aromatic carbocycles. The summed E-state index contributed by atoms with van der Waals surface area (Å²) in [7, 11) is 0. The summed E-state index contributed by atoms with van der Waals surface area (Å²) in [6, 6.07) is -0.00583. The Kier molecular flexibility index (Phi) is 4.72. The fraction of sp³-hybridized carbons (Fsp3) is 0.571. The third-order valence-corrected chi connectivity index (χ3v) is 3.40. The van der Waals surface area contributed by atoms with Crippen molar-refractivity contribution in [2.75, 3.05) is 11.5 Å². The molecule has 7 heteroatoms. The second-order valence-corrected chi connectivity index (χ2v) is 5.13. The Balaban J connectivity index is 2.46. The van der Waals surface area contributed by atoms with Crippen LogP contribution in [0, 0.1) is 6.92 Å². The van der Waals surface area contributed by atoms with E-state index in [1.54, 1.807) is 0 Å². The molecule has 2 rings (SSSR count). The van der Waals surface area contributed by atoms with Gasteiger partial charge in [-0.2, -0.15) is 15.0 Å². The molecule has 0 bridgehead atoms. The molecule has 0 fully saturated rings. The van der Waals surface area contributed by atoms with E-state index in [2.05, 4.69) is 38.4 Å². The summed E-state index contributed by atoms with van der Waals surface area (Å²) in [5, 5.41) is 0. The zero-order chi connectivity index (χ0) is 15.4. The second-order valence-electron chi connectivity index (χ2n) is 5.13. The molecule has 1 atom stereocenters. The van der Waals surface area contributed by atoms with Crippen LogP contribution in [-0.2, 0) is 6.42 Å². The van der Waals surface area contributed by atoms with Gasteiger partial charge in [0.25, 0.3) is 0 Å². The summed E-state index contributed by atoms with van der Waals surface area (Å²) in [6.07, 6.45) is 5.97. The minimum Gasteiger partial charge on any atom is -0.368 e. The molecule has 0 aliphatic carbocycles. The molecular weight excluding hydrogens is 266 g/mol. The SMILES string of the molecule is CCCCC(c1nc(N)nc(N)n1)n1cc(C)nc1CC. The zero-order valence-corrected chi connectivity index (χ0v) is 12.9. The van der Waals surface area contributed by atoms with Crippen molar-refractivity contribution in [2.45, 2.75) is 52.5 Å². The van der Waals surface area contributed by atoms with Crippen LogP contribution in [0.25, 0.3) is 0 Å². The van der Waals surface area contributed by atoms with Crippen molar-refractivity contribution in [3.8, 4) is 0 Å². The van der Waals surface area contributed by atoms with Crippen molar-refractivity contribution in [3.05, 3.63) is 23.5 Å². The molecule has 0 spiro atoms. The van der Waals surface area contributed by atoms with Crippen molar-refractivity contribution in [1.82, 2.24) is 24.5 Å². The lowest BCUT2D eigenvalue weighted by Crippen LogP contribution is -2.18. The van der Waals surface area contributed by atoms with Gasteiger partial charge in [0.15, 0.2) is 5.82 Å². The van der Waals surface area contributed by atoms with Crippen molar-refractivity contribution >= 4 is 11.9 Å². The summed E-state index contributed by atoms with van der Waals surface area (Å²) < 4.78 is 2.14. The highest BCUT2D eigenvalue weighted by molar-refractivity contribution is 5.27. The number of unbranched alkanes of at least 4 members (excludes halogenated alkanes) is 1. The van der Waals surface area contributed by atoms with Gasteiger partial charge in [-0.05, 0) is 13.3 Å². The van der Waals surface area contributed by atoms with Crippen molar-refractivity contribution < 1.29 is 0 Å². The molecule has 0 saturated heterocycles. The minimum atomic E-state index is -0.00583. The van der Waals surface area contributed by atoms with E-state index < -0.39 is 0 Å². The van der Waals surface area contributed by atoms with E-state index in [4.69, 9.17) is 11.5 Å². The van der Waals surface area contributed by atoms with E-state index in [9.17, 15) is 0 Å². The minimum absolute atomic E-state index is 0.00583. The number of imidazole rings is 1. The van der Waals surface area contributed by atoms with Gasteiger partial charge in [0.2, 0.25) is 11.9 Å². The third kappa shape index (κ3) is 3.48. The topological polar surface area (TPSA) is 109 Å². The van der Waals surface area contributed by atoms with Crippen LogP contribution < -0.4 is 11.5 Å². The third-order valence-electron chi connectivity index (χ3n) is 3.40. The van der Waals surface area contributed by atoms with Crippen LogP contribution in [0.5, 0.6) is 0 Å². The first-order valence-corrected chi connectivity index (χ1v) is 7.36. The number of aryl methyl sites for hydroxylation is 2. The van der Waals surface area contributed by atoms with Crippen LogP contribution in [-0.4, -0.2) is 24.5 Å².